The van der Waals surface area contributed by atoms with Crippen LogP contribution in [0, 0.1) is 0 Å². The Bertz CT molecular complexity index is 1190. The van der Waals surface area contributed by atoms with Gasteiger partial charge in [0.15, 0.2) is 5.76 Å². The minimum absolute atomic E-state index is 0.0559. The Balaban J connectivity index is 1.41. The summed E-state index contributed by atoms with van der Waals surface area (Å²) in [5, 5.41) is 1.12. The molecule has 0 spiro atoms. The van der Waals surface area contributed by atoms with Crippen molar-refractivity contribution in [3.8, 4) is 11.5 Å². The van der Waals surface area contributed by atoms with Gasteiger partial charge in [-0.2, -0.15) is 0 Å². The summed E-state index contributed by atoms with van der Waals surface area (Å²) in [5.41, 5.74) is 3.79. The van der Waals surface area contributed by atoms with Gasteiger partial charge in [0.1, 0.15) is 18.2 Å². The van der Waals surface area contributed by atoms with Crippen molar-refractivity contribution >= 4 is 22.8 Å². The first kappa shape index (κ1) is 16.9. The van der Waals surface area contributed by atoms with Gasteiger partial charge < -0.3 is 14.0 Å². The zero-order valence-corrected chi connectivity index (χ0v) is 16.4. The van der Waals surface area contributed by atoms with Crippen molar-refractivity contribution in [2.75, 3.05) is 6.73 Å². The Morgan fingerprint density at radius 3 is 2.86 bits per heavy atom. The molecule has 0 unspecified atom stereocenters. The molecular formula is C24H22N2O3. The molecule has 0 N–H and O–H groups in total. The average molecular weight is 386 g/mol. The summed E-state index contributed by atoms with van der Waals surface area (Å²) in [6, 6.07) is 12.6. The average Bonchev–Trinajstić information content (AvgIpc) is 3.48. The quantitative estimate of drug-likeness (QED) is 0.618. The molecule has 0 atom stereocenters. The summed E-state index contributed by atoms with van der Waals surface area (Å²) in [5.74, 6) is 1.83. The van der Waals surface area contributed by atoms with Crippen LogP contribution in [-0.4, -0.2) is 28.0 Å². The molecule has 6 rings (SSSR count). The number of ether oxygens (including phenoxy) is 2. The van der Waals surface area contributed by atoms with Gasteiger partial charge in [-0.05, 0) is 44.0 Å². The van der Waals surface area contributed by atoms with E-state index in [1.165, 1.54) is 12.8 Å². The van der Waals surface area contributed by atoms with E-state index in [-0.39, 0.29) is 5.78 Å². The molecule has 3 aromatic rings. The molecule has 2 aliphatic heterocycles. The molecule has 29 heavy (non-hydrogen) atoms. The summed E-state index contributed by atoms with van der Waals surface area (Å²) in [7, 11) is 0. The van der Waals surface area contributed by atoms with Crippen molar-refractivity contribution in [2.24, 2.45) is 0 Å². The lowest BCUT2D eigenvalue weighted by molar-refractivity contribution is 0.0868. The monoisotopic (exact) mass is 386 g/mol. The second kappa shape index (κ2) is 6.22. The maximum Gasteiger partial charge on any atom is 0.231 e. The number of para-hydroxylation sites is 1. The number of Topliss-reactive ketones (excluding diaryl/α,β-unsaturated/α-hetero) is 1. The topological polar surface area (TPSA) is 43.7 Å². The van der Waals surface area contributed by atoms with Crippen LogP contribution in [0.1, 0.15) is 41.3 Å². The molecule has 0 saturated heterocycles. The van der Waals surface area contributed by atoms with Crippen molar-refractivity contribution in [1.29, 1.82) is 0 Å². The molecule has 1 saturated carbocycles. The third-order valence-corrected chi connectivity index (χ3v) is 6.15. The molecule has 0 radical (unpaired) electrons. The number of rotatable bonds is 3. The smallest absolute Gasteiger partial charge is 0.231 e. The van der Waals surface area contributed by atoms with E-state index in [9.17, 15) is 4.79 Å². The van der Waals surface area contributed by atoms with Crippen molar-refractivity contribution in [3.05, 3.63) is 65.0 Å². The SMILES string of the molecule is CCn1cc(/C=C2\Oc3c(ccc4c3CN(C3CC3)CO4)C2=O)c2ccccc21. The van der Waals surface area contributed by atoms with E-state index in [0.717, 1.165) is 40.9 Å². The lowest BCUT2D eigenvalue weighted by Gasteiger charge is -2.29. The summed E-state index contributed by atoms with van der Waals surface area (Å²) in [6.07, 6.45) is 6.41. The summed E-state index contributed by atoms with van der Waals surface area (Å²) in [4.78, 5) is 15.4. The molecule has 0 bridgehead atoms. The number of carbonyl (C=O) groups is 1. The minimum Gasteiger partial charge on any atom is -0.478 e. The Morgan fingerprint density at radius 2 is 2.03 bits per heavy atom. The molecule has 5 nitrogen and oxygen atoms in total. The third kappa shape index (κ3) is 2.61. The van der Waals surface area contributed by atoms with Gasteiger partial charge >= 0.3 is 0 Å². The number of ketones is 1. The van der Waals surface area contributed by atoms with Crippen molar-refractivity contribution in [2.45, 2.75) is 38.9 Å². The largest absolute Gasteiger partial charge is 0.478 e. The normalized spacial score (nSPS) is 19.9. The molecule has 146 valence electrons. The van der Waals surface area contributed by atoms with E-state index in [1.807, 2.05) is 30.3 Å². The van der Waals surface area contributed by atoms with Gasteiger partial charge in [0.05, 0.1) is 11.1 Å². The fourth-order valence-electron chi connectivity index (χ4n) is 4.44. The molecule has 5 heteroatoms. The van der Waals surface area contributed by atoms with Crippen LogP contribution >= 0.6 is 0 Å². The zero-order valence-electron chi connectivity index (χ0n) is 16.4. The summed E-state index contributed by atoms with van der Waals surface area (Å²) in [6.45, 7) is 4.39. The minimum atomic E-state index is -0.0559. The number of allylic oxidation sites excluding steroid dienone is 1. The molecule has 0 amide bonds. The highest BCUT2D eigenvalue weighted by atomic mass is 16.5. The van der Waals surface area contributed by atoms with Gasteiger partial charge in [-0.3, -0.25) is 9.69 Å². The van der Waals surface area contributed by atoms with E-state index in [4.69, 9.17) is 9.47 Å². The zero-order chi connectivity index (χ0) is 19.5. The summed E-state index contributed by atoms with van der Waals surface area (Å²) >= 11 is 0. The predicted molar refractivity (Wildman–Crippen MR) is 111 cm³/mol. The fourth-order valence-corrected chi connectivity index (χ4v) is 4.44. The summed E-state index contributed by atoms with van der Waals surface area (Å²) < 4.78 is 14.3. The Morgan fingerprint density at radius 1 is 1.17 bits per heavy atom. The number of nitrogens with zero attached hydrogens (tertiary/aromatic N) is 2. The maximum absolute atomic E-state index is 13.1. The molecule has 1 aromatic heterocycles. The maximum atomic E-state index is 13.1. The molecule has 1 fully saturated rings. The predicted octanol–water partition coefficient (Wildman–Crippen LogP) is 4.59. The number of aromatic nitrogens is 1. The van der Waals surface area contributed by atoms with E-state index < -0.39 is 0 Å². The van der Waals surface area contributed by atoms with Crippen molar-refractivity contribution in [1.82, 2.24) is 9.47 Å². The number of hydrogen-bond acceptors (Lipinski definition) is 4. The second-order valence-electron chi connectivity index (χ2n) is 8.00. The molecular weight excluding hydrogens is 364 g/mol. The molecule has 3 aliphatic rings. The Kier molecular flexibility index (Phi) is 3.62. The van der Waals surface area contributed by atoms with Crippen molar-refractivity contribution in [3.63, 3.8) is 0 Å². The van der Waals surface area contributed by atoms with Crippen LogP contribution in [0.25, 0.3) is 17.0 Å². The lowest BCUT2D eigenvalue weighted by atomic mass is 10.0. The molecule has 1 aliphatic carbocycles. The number of benzene rings is 2. The lowest BCUT2D eigenvalue weighted by Crippen LogP contribution is -2.33. The van der Waals surface area contributed by atoms with Gasteiger partial charge in [0.2, 0.25) is 5.78 Å². The van der Waals surface area contributed by atoms with Gasteiger partial charge in [0, 0.05) is 41.8 Å². The van der Waals surface area contributed by atoms with E-state index in [1.54, 1.807) is 0 Å². The van der Waals surface area contributed by atoms with Crippen LogP contribution < -0.4 is 9.47 Å². The van der Waals surface area contributed by atoms with Crippen LogP contribution in [0.2, 0.25) is 0 Å². The highest BCUT2D eigenvalue weighted by Gasteiger charge is 2.37. The molecule has 3 heterocycles. The van der Waals surface area contributed by atoms with Crippen LogP contribution in [0.15, 0.2) is 48.4 Å². The number of fused-ring (bicyclic) bond motifs is 4. The van der Waals surface area contributed by atoms with Crippen LogP contribution in [0.4, 0.5) is 0 Å². The standard InChI is InChI=1S/C24H22N2O3/c1-2-25-12-15(17-5-3-4-6-20(17)25)11-22-23(27)18-9-10-21-19(24(18)29-22)13-26(14-28-21)16-7-8-16/h3-6,9-12,16H,2,7-8,13-14H2,1H3/b22-11-. The first-order valence-electron chi connectivity index (χ1n) is 10.3. The highest BCUT2D eigenvalue weighted by molar-refractivity contribution is 6.15. The number of aryl methyl sites for hydroxylation is 1. The van der Waals surface area contributed by atoms with E-state index >= 15 is 0 Å². The van der Waals surface area contributed by atoms with Crippen LogP contribution in [-0.2, 0) is 13.1 Å². The van der Waals surface area contributed by atoms with E-state index in [0.29, 0.717) is 29.8 Å². The number of carbonyl (C=O) groups excluding carboxylic acids is 1. The molecule has 2 aromatic carbocycles. The first-order chi connectivity index (χ1) is 14.2. The van der Waals surface area contributed by atoms with Gasteiger partial charge in [-0.25, -0.2) is 0 Å². The van der Waals surface area contributed by atoms with Crippen LogP contribution in [0.3, 0.4) is 0 Å². The van der Waals surface area contributed by atoms with Gasteiger partial charge in [-0.1, -0.05) is 18.2 Å². The van der Waals surface area contributed by atoms with Gasteiger partial charge in [0.25, 0.3) is 0 Å². The van der Waals surface area contributed by atoms with E-state index in [2.05, 4.69) is 34.7 Å². The van der Waals surface area contributed by atoms with Gasteiger partial charge in [-0.15, -0.1) is 0 Å². The highest BCUT2D eigenvalue weighted by Crippen LogP contribution is 2.44. The fraction of sp³-hybridized carbons (Fsp3) is 0.292. The third-order valence-electron chi connectivity index (χ3n) is 6.15. The Labute approximate surface area is 169 Å². The van der Waals surface area contributed by atoms with Crippen LogP contribution in [0.5, 0.6) is 11.5 Å². The number of hydrogen-bond donors (Lipinski definition) is 0. The first-order valence-corrected chi connectivity index (χ1v) is 10.3. The van der Waals surface area contributed by atoms with Crippen molar-refractivity contribution < 1.29 is 14.3 Å². The second-order valence-corrected chi connectivity index (χ2v) is 8.00. The Hall–Kier alpha value is -3.05.